The van der Waals surface area contributed by atoms with E-state index in [1.54, 1.807) is 11.3 Å². The molecule has 0 saturated carbocycles. The van der Waals surface area contributed by atoms with Crippen LogP contribution in [0.1, 0.15) is 41.9 Å². The molecule has 0 aliphatic carbocycles. The van der Waals surface area contributed by atoms with Crippen molar-refractivity contribution in [3.8, 4) is 0 Å². The van der Waals surface area contributed by atoms with Crippen LogP contribution in [-0.4, -0.2) is 89.5 Å². The molecule has 1 N–H and O–H groups in total. The lowest BCUT2D eigenvalue weighted by atomic mass is 10.1. The van der Waals surface area contributed by atoms with Crippen LogP contribution in [0, 0.1) is 13.8 Å². The molecule has 3 fully saturated rings. The highest BCUT2D eigenvalue weighted by Crippen LogP contribution is 2.38. The van der Waals surface area contributed by atoms with Gasteiger partial charge in [-0.3, -0.25) is 9.80 Å². The van der Waals surface area contributed by atoms with Gasteiger partial charge in [0.1, 0.15) is 16.5 Å². The molecule has 2 aromatic rings. The van der Waals surface area contributed by atoms with Gasteiger partial charge in [-0.1, -0.05) is 0 Å². The zero-order chi connectivity index (χ0) is 21.4. The average Bonchev–Trinajstić information content (AvgIpc) is 3.49. The van der Waals surface area contributed by atoms with Gasteiger partial charge in [-0.05, 0) is 51.6 Å². The first-order chi connectivity index (χ1) is 15.1. The Morgan fingerprint density at radius 3 is 2.61 bits per heavy atom. The van der Waals surface area contributed by atoms with Crippen molar-refractivity contribution in [2.75, 3.05) is 57.4 Å². The molecule has 31 heavy (non-hydrogen) atoms. The third kappa shape index (κ3) is 4.33. The molecule has 2 aromatic heterocycles. The quantitative estimate of drug-likeness (QED) is 0.733. The Balaban J connectivity index is 1.46. The smallest absolute Gasteiger partial charge is 0.146 e. The van der Waals surface area contributed by atoms with E-state index in [0.29, 0.717) is 12.1 Å². The number of fused-ring (bicyclic) bond motifs is 1. The summed E-state index contributed by atoms with van der Waals surface area (Å²) in [6.07, 6.45) is 4.71. The second kappa shape index (κ2) is 9.27. The SMILES string of the molecule is Cc1sc2nc(CN3CCOCC3)nc(N3CCC[C@@H]3CN3CCC[C@H]3CO)c2c1C. The summed E-state index contributed by atoms with van der Waals surface area (Å²) in [5.74, 6) is 2.07. The number of likely N-dealkylation sites (tertiary alicyclic amines) is 1. The van der Waals surface area contributed by atoms with Gasteiger partial charge >= 0.3 is 0 Å². The van der Waals surface area contributed by atoms with Crippen LogP contribution >= 0.6 is 11.3 Å². The van der Waals surface area contributed by atoms with E-state index in [4.69, 9.17) is 14.7 Å². The molecular weight excluding hydrogens is 410 g/mol. The predicted octanol–water partition coefficient (Wildman–Crippen LogP) is 2.57. The Morgan fingerprint density at radius 1 is 1.03 bits per heavy atom. The number of aromatic nitrogens is 2. The Hall–Kier alpha value is -1.32. The summed E-state index contributed by atoms with van der Waals surface area (Å²) in [6.45, 7) is 12.2. The summed E-state index contributed by atoms with van der Waals surface area (Å²) in [5, 5.41) is 11.0. The minimum Gasteiger partial charge on any atom is -0.395 e. The third-order valence-electron chi connectivity index (χ3n) is 7.33. The summed E-state index contributed by atoms with van der Waals surface area (Å²) in [6, 6.07) is 0.788. The molecule has 0 aromatic carbocycles. The minimum absolute atomic E-state index is 0.275. The number of ether oxygens (including phenoxy) is 1. The van der Waals surface area contributed by atoms with Crippen LogP contribution in [0.4, 0.5) is 5.82 Å². The van der Waals surface area contributed by atoms with Crippen LogP contribution in [-0.2, 0) is 11.3 Å². The van der Waals surface area contributed by atoms with Crippen molar-refractivity contribution in [2.24, 2.45) is 0 Å². The largest absolute Gasteiger partial charge is 0.395 e. The van der Waals surface area contributed by atoms with E-state index in [2.05, 4.69) is 28.5 Å². The zero-order valence-electron chi connectivity index (χ0n) is 18.8. The third-order valence-corrected chi connectivity index (χ3v) is 8.43. The first-order valence-electron chi connectivity index (χ1n) is 11.8. The van der Waals surface area contributed by atoms with Gasteiger partial charge in [0.15, 0.2) is 0 Å². The summed E-state index contributed by atoms with van der Waals surface area (Å²) in [7, 11) is 0. The fourth-order valence-electron chi connectivity index (χ4n) is 5.43. The molecule has 170 valence electrons. The van der Waals surface area contributed by atoms with Crippen LogP contribution in [0.2, 0.25) is 0 Å². The molecule has 0 radical (unpaired) electrons. The van der Waals surface area contributed by atoms with Crippen molar-refractivity contribution in [1.82, 2.24) is 19.8 Å². The maximum atomic E-state index is 9.78. The number of nitrogens with zero attached hydrogens (tertiary/aromatic N) is 5. The number of aliphatic hydroxyl groups excluding tert-OH is 1. The Bertz CT molecular complexity index is 913. The molecule has 8 heteroatoms. The fourth-order valence-corrected chi connectivity index (χ4v) is 6.47. The second-order valence-electron chi connectivity index (χ2n) is 9.28. The fraction of sp³-hybridized carbons (Fsp3) is 0.739. The number of thiophene rings is 1. The normalized spacial score (nSPS) is 25.8. The monoisotopic (exact) mass is 445 g/mol. The van der Waals surface area contributed by atoms with Gasteiger partial charge in [-0.25, -0.2) is 9.97 Å². The highest BCUT2D eigenvalue weighted by Gasteiger charge is 2.33. The summed E-state index contributed by atoms with van der Waals surface area (Å²) in [5.41, 5.74) is 1.33. The van der Waals surface area contributed by atoms with Crippen molar-refractivity contribution >= 4 is 27.4 Å². The zero-order valence-corrected chi connectivity index (χ0v) is 19.7. The number of aliphatic hydroxyl groups is 1. The molecule has 3 saturated heterocycles. The van der Waals surface area contributed by atoms with E-state index < -0.39 is 0 Å². The Kier molecular flexibility index (Phi) is 6.44. The van der Waals surface area contributed by atoms with Crippen LogP contribution in [0.15, 0.2) is 0 Å². The van der Waals surface area contributed by atoms with Crippen LogP contribution in [0.5, 0.6) is 0 Å². The second-order valence-corrected chi connectivity index (χ2v) is 10.5. The molecule has 3 aliphatic rings. The van der Waals surface area contributed by atoms with E-state index in [-0.39, 0.29) is 6.61 Å². The van der Waals surface area contributed by atoms with E-state index >= 15 is 0 Å². The maximum Gasteiger partial charge on any atom is 0.146 e. The highest BCUT2D eigenvalue weighted by atomic mass is 32.1. The molecule has 7 nitrogen and oxygen atoms in total. The van der Waals surface area contributed by atoms with Crippen molar-refractivity contribution in [1.29, 1.82) is 0 Å². The first-order valence-corrected chi connectivity index (χ1v) is 12.6. The Labute approximate surface area is 189 Å². The van der Waals surface area contributed by atoms with Gasteiger partial charge in [0, 0.05) is 43.1 Å². The minimum atomic E-state index is 0.275. The summed E-state index contributed by atoms with van der Waals surface area (Å²) in [4.78, 5) is 20.1. The van der Waals surface area contributed by atoms with Crippen molar-refractivity contribution in [3.05, 3.63) is 16.3 Å². The van der Waals surface area contributed by atoms with E-state index in [1.807, 2.05) is 0 Å². The molecule has 3 aliphatic heterocycles. The van der Waals surface area contributed by atoms with Gasteiger partial charge in [-0.2, -0.15) is 0 Å². The number of anilines is 1. The topological polar surface area (TPSA) is 65.0 Å². The number of rotatable bonds is 6. The first kappa shape index (κ1) is 21.5. The van der Waals surface area contributed by atoms with Gasteiger partial charge in [-0.15, -0.1) is 11.3 Å². The van der Waals surface area contributed by atoms with E-state index in [1.165, 1.54) is 35.1 Å². The molecule has 0 spiro atoms. The maximum absolute atomic E-state index is 9.78. The van der Waals surface area contributed by atoms with E-state index in [9.17, 15) is 5.11 Å². The van der Waals surface area contributed by atoms with Crippen molar-refractivity contribution in [2.45, 2.75) is 58.2 Å². The van der Waals surface area contributed by atoms with Gasteiger partial charge in [0.05, 0.1) is 31.8 Å². The molecule has 5 heterocycles. The molecule has 5 rings (SSSR count). The number of hydrogen-bond acceptors (Lipinski definition) is 8. The summed E-state index contributed by atoms with van der Waals surface area (Å²) < 4.78 is 5.52. The standard InChI is InChI=1S/C23H35N5O2S/c1-16-17(2)31-23-21(16)22(24-20(25-23)14-26-9-11-30-12-10-26)28-8-4-5-18(28)13-27-7-3-6-19(27)15-29/h18-19,29H,3-15H2,1-2H3/t18-,19+/m1/s1. The van der Waals surface area contributed by atoms with E-state index in [0.717, 1.165) is 75.4 Å². The molecule has 0 bridgehead atoms. The van der Waals surface area contributed by atoms with Crippen LogP contribution in [0.25, 0.3) is 10.2 Å². The summed E-state index contributed by atoms with van der Waals surface area (Å²) >= 11 is 1.80. The Morgan fingerprint density at radius 2 is 1.81 bits per heavy atom. The lowest BCUT2D eigenvalue weighted by Gasteiger charge is -2.32. The molecule has 0 amide bonds. The van der Waals surface area contributed by atoms with Crippen molar-refractivity contribution < 1.29 is 9.84 Å². The van der Waals surface area contributed by atoms with Gasteiger partial charge in [0.25, 0.3) is 0 Å². The van der Waals surface area contributed by atoms with Crippen molar-refractivity contribution in [3.63, 3.8) is 0 Å². The van der Waals surface area contributed by atoms with Gasteiger partial charge in [0.2, 0.25) is 0 Å². The van der Waals surface area contributed by atoms with Crippen LogP contribution in [0.3, 0.4) is 0 Å². The van der Waals surface area contributed by atoms with Gasteiger partial charge < -0.3 is 14.7 Å². The lowest BCUT2D eigenvalue weighted by Crippen LogP contribution is -2.44. The average molecular weight is 446 g/mol. The molecule has 0 unspecified atom stereocenters. The lowest BCUT2D eigenvalue weighted by molar-refractivity contribution is 0.0331. The highest BCUT2D eigenvalue weighted by molar-refractivity contribution is 7.18. The molecule has 2 atom stereocenters. The van der Waals surface area contributed by atoms with Crippen LogP contribution < -0.4 is 4.90 Å². The predicted molar refractivity (Wildman–Crippen MR) is 125 cm³/mol. The number of hydrogen-bond donors (Lipinski definition) is 1. The number of aryl methyl sites for hydroxylation is 2. The number of morpholine rings is 1. The molecular formula is C23H35N5O2S.